The van der Waals surface area contributed by atoms with Crippen molar-refractivity contribution in [1.29, 1.82) is 0 Å². The molecule has 2 heterocycles. The lowest BCUT2D eigenvalue weighted by Crippen LogP contribution is -2.02. The van der Waals surface area contributed by atoms with Gasteiger partial charge in [0.15, 0.2) is 5.82 Å². The number of nitrogen functional groups attached to an aromatic ring is 1. The zero-order valence-electron chi connectivity index (χ0n) is 10.4. The molecule has 0 bridgehead atoms. The van der Waals surface area contributed by atoms with Crippen molar-refractivity contribution in [2.45, 2.75) is 13.8 Å². The third-order valence-corrected chi connectivity index (χ3v) is 3.15. The maximum atomic E-state index is 5.94. The molecule has 0 saturated carbocycles. The van der Waals surface area contributed by atoms with Crippen molar-refractivity contribution in [1.82, 2.24) is 14.8 Å². The molecular weight excluding hydrogens is 224 g/mol. The van der Waals surface area contributed by atoms with Gasteiger partial charge in [0.1, 0.15) is 0 Å². The third-order valence-electron chi connectivity index (χ3n) is 3.15. The second kappa shape index (κ2) is 3.84. The minimum Gasteiger partial charge on any atom is -0.396 e. The Bertz CT molecular complexity index is 728. The molecule has 0 amide bonds. The lowest BCUT2D eigenvalue weighted by Gasteiger charge is -2.05. The summed E-state index contributed by atoms with van der Waals surface area (Å²) < 4.78 is 1.79. The molecule has 4 heteroatoms. The van der Waals surface area contributed by atoms with Crippen molar-refractivity contribution in [3.8, 4) is 5.82 Å². The third kappa shape index (κ3) is 1.54. The van der Waals surface area contributed by atoms with Gasteiger partial charge in [0.05, 0.1) is 22.6 Å². The summed E-state index contributed by atoms with van der Waals surface area (Å²) in [4.78, 5) is 4.61. The monoisotopic (exact) mass is 238 g/mol. The van der Waals surface area contributed by atoms with Gasteiger partial charge in [0.25, 0.3) is 0 Å². The second-order valence-electron chi connectivity index (χ2n) is 4.36. The average molecular weight is 238 g/mol. The Labute approximate surface area is 105 Å². The minimum atomic E-state index is 0.727. The Morgan fingerprint density at radius 3 is 2.56 bits per heavy atom. The molecule has 1 aromatic carbocycles. The summed E-state index contributed by atoms with van der Waals surface area (Å²) in [5.41, 5.74) is 9.39. The molecule has 3 aromatic rings. The number of para-hydroxylation sites is 1. The Morgan fingerprint density at radius 2 is 1.83 bits per heavy atom. The number of benzene rings is 1. The van der Waals surface area contributed by atoms with Gasteiger partial charge in [-0.3, -0.25) is 0 Å². The van der Waals surface area contributed by atoms with Gasteiger partial charge in [0.2, 0.25) is 0 Å². The van der Waals surface area contributed by atoms with Gasteiger partial charge in [-0.05, 0) is 32.0 Å². The number of anilines is 1. The molecule has 0 spiro atoms. The molecule has 0 unspecified atom stereocenters. The van der Waals surface area contributed by atoms with Crippen LogP contribution in [0.1, 0.15) is 11.4 Å². The molecule has 18 heavy (non-hydrogen) atoms. The van der Waals surface area contributed by atoms with Crippen LogP contribution in [0.4, 0.5) is 5.69 Å². The Kier molecular flexibility index (Phi) is 2.30. The summed E-state index contributed by atoms with van der Waals surface area (Å²) in [5, 5.41) is 5.54. The van der Waals surface area contributed by atoms with E-state index in [0.29, 0.717) is 0 Å². The van der Waals surface area contributed by atoms with Crippen molar-refractivity contribution in [3.05, 3.63) is 47.8 Å². The summed E-state index contributed by atoms with van der Waals surface area (Å²) in [6, 6.07) is 12.0. The fraction of sp³-hybridized carbons (Fsp3) is 0.143. The average Bonchev–Trinajstić information content (AvgIpc) is 2.66. The van der Waals surface area contributed by atoms with Gasteiger partial charge in [-0.2, -0.15) is 5.10 Å². The normalized spacial score (nSPS) is 11.0. The van der Waals surface area contributed by atoms with Crippen LogP contribution in [0.15, 0.2) is 36.4 Å². The first-order chi connectivity index (χ1) is 8.66. The Morgan fingerprint density at radius 1 is 1.06 bits per heavy atom. The zero-order chi connectivity index (χ0) is 12.7. The van der Waals surface area contributed by atoms with Crippen LogP contribution in [0.25, 0.3) is 16.7 Å². The van der Waals surface area contributed by atoms with E-state index in [-0.39, 0.29) is 0 Å². The highest BCUT2D eigenvalue weighted by molar-refractivity contribution is 5.79. The highest BCUT2D eigenvalue weighted by atomic mass is 15.3. The highest BCUT2D eigenvalue weighted by Gasteiger charge is 2.10. The number of nitrogens with two attached hydrogens (primary N) is 1. The fourth-order valence-electron chi connectivity index (χ4n) is 2.05. The number of hydrogen-bond donors (Lipinski definition) is 1. The van der Waals surface area contributed by atoms with E-state index in [1.54, 1.807) is 4.68 Å². The SMILES string of the molecule is Cc1nn(-c2ccc3ccccc3n2)c(C)c1N. The lowest BCUT2D eigenvalue weighted by atomic mass is 10.2. The standard InChI is InChI=1S/C14H14N4/c1-9-14(15)10(2)18(17-9)13-8-7-11-5-3-4-6-12(11)16-13/h3-8H,15H2,1-2H3. The molecule has 0 fully saturated rings. The van der Waals surface area contributed by atoms with Gasteiger partial charge < -0.3 is 5.73 Å². The van der Waals surface area contributed by atoms with Crippen LogP contribution in [0.2, 0.25) is 0 Å². The van der Waals surface area contributed by atoms with Crippen LogP contribution < -0.4 is 5.73 Å². The molecule has 0 saturated heterocycles. The minimum absolute atomic E-state index is 0.727. The van der Waals surface area contributed by atoms with E-state index in [0.717, 1.165) is 33.8 Å². The Balaban J connectivity index is 2.22. The molecule has 0 aliphatic rings. The maximum absolute atomic E-state index is 5.94. The predicted octanol–water partition coefficient (Wildman–Crippen LogP) is 2.62. The van der Waals surface area contributed by atoms with Crippen molar-refractivity contribution < 1.29 is 0 Å². The number of nitrogens with zero attached hydrogens (tertiary/aromatic N) is 3. The summed E-state index contributed by atoms with van der Waals surface area (Å²) in [5.74, 6) is 0.797. The van der Waals surface area contributed by atoms with Crippen LogP contribution in [-0.4, -0.2) is 14.8 Å². The molecule has 0 aliphatic heterocycles. The number of hydrogen-bond acceptors (Lipinski definition) is 3. The summed E-state index contributed by atoms with van der Waals surface area (Å²) in [7, 11) is 0. The van der Waals surface area contributed by atoms with E-state index in [4.69, 9.17) is 5.73 Å². The number of pyridine rings is 1. The smallest absolute Gasteiger partial charge is 0.154 e. The van der Waals surface area contributed by atoms with Crippen molar-refractivity contribution >= 4 is 16.6 Å². The van der Waals surface area contributed by atoms with Crippen molar-refractivity contribution in [2.24, 2.45) is 0 Å². The van der Waals surface area contributed by atoms with E-state index in [9.17, 15) is 0 Å². The maximum Gasteiger partial charge on any atom is 0.154 e. The summed E-state index contributed by atoms with van der Waals surface area (Å²) in [6.07, 6.45) is 0. The number of fused-ring (bicyclic) bond motifs is 1. The van der Waals surface area contributed by atoms with Crippen LogP contribution in [0, 0.1) is 13.8 Å². The molecular formula is C14H14N4. The first-order valence-corrected chi connectivity index (χ1v) is 5.84. The Hall–Kier alpha value is -2.36. The number of aryl methyl sites for hydroxylation is 1. The van der Waals surface area contributed by atoms with Crippen LogP contribution in [0.5, 0.6) is 0 Å². The zero-order valence-corrected chi connectivity index (χ0v) is 10.4. The van der Waals surface area contributed by atoms with E-state index in [1.165, 1.54) is 0 Å². The predicted molar refractivity (Wildman–Crippen MR) is 72.8 cm³/mol. The van der Waals surface area contributed by atoms with Crippen molar-refractivity contribution in [2.75, 3.05) is 5.73 Å². The molecule has 90 valence electrons. The number of rotatable bonds is 1. The van der Waals surface area contributed by atoms with Gasteiger partial charge in [0, 0.05) is 5.39 Å². The first kappa shape index (κ1) is 10.8. The van der Waals surface area contributed by atoms with Gasteiger partial charge in [-0.15, -0.1) is 0 Å². The largest absolute Gasteiger partial charge is 0.396 e. The quantitative estimate of drug-likeness (QED) is 0.709. The molecule has 3 rings (SSSR count). The molecule has 0 aliphatic carbocycles. The van der Waals surface area contributed by atoms with E-state index >= 15 is 0 Å². The van der Waals surface area contributed by atoms with Crippen LogP contribution >= 0.6 is 0 Å². The van der Waals surface area contributed by atoms with E-state index in [2.05, 4.69) is 10.1 Å². The van der Waals surface area contributed by atoms with E-state index in [1.807, 2.05) is 50.2 Å². The molecule has 2 N–H and O–H groups in total. The van der Waals surface area contributed by atoms with Gasteiger partial charge in [-0.25, -0.2) is 9.67 Å². The topological polar surface area (TPSA) is 56.7 Å². The highest BCUT2D eigenvalue weighted by Crippen LogP contribution is 2.20. The van der Waals surface area contributed by atoms with Gasteiger partial charge >= 0.3 is 0 Å². The van der Waals surface area contributed by atoms with Crippen LogP contribution in [0.3, 0.4) is 0 Å². The van der Waals surface area contributed by atoms with E-state index < -0.39 is 0 Å². The molecule has 0 atom stereocenters. The second-order valence-corrected chi connectivity index (χ2v) is 4.36. The molecule has 0 radical (unpaired) electrons. The lowest BCUT2D eigenvalue weighted by molar-refractivity contribution is 0.811. The van der Waals surface area contributed by atoms with Gasteiger partial charge in [-0.1, -0.05) is 18.2 Å². The summed E-state index contributed by atoms with van der Waals surface area (Å²) in [6.45, 7) is 3.85. The molecule has 2 aromatic heterocycles. The van der Waals surface area contributed by atoms with Crippen LogP contribution in [-0.2, 0) is 0 Å². The summed E-state index contributed by atoms with van der Waals surface area (Å²) >= 11 is 0. The molecule has 4 nitrogen and oxygen atoms in total. The fourth-order valence-corrected chi connectivity index (χ4v) is 2.05. The first-order valence-electron chi connectivity index (χ1n) is 5.84. The van der Waals surface area contributed by atoms with Crippen molar-refractivity contribution in [3.63, 3.8) is 0 Å². The number of aromatic nitrogens is 3.